The van der Waals surface area contributed by atoms with Crippen molar-refractivity contribution < 1.29 is 24.2 Å². The Labute approximate surface area is 221 Å². The molecule has 1 fully saturated rings. The Hall–Kier alpha value is -3.77. The predicted octanol–water partition coefficient (Wildman–Crippen LogP) is 6.34. The van der Waals surface area contributed by atoms with Crippen LogP contribution in [0, 0.1) is 6.92 Å². The summed E-state index contributed by atoms with van der Waals surface area (Å²) >= 11 is 6.39. The first-order valence-electron chi connectivity index (χ1n) is 12.1. The van der Waals surface area contributed by atoms with E-state index in [1.165, 1.54) is 4.90 Å². The van der Waals surface area contributed by atoms with Gasteiger partial charge in [0.1, 0.15) is 19.0 Å². The Morgan fingerprint density at radius 3 is 2.32 bits per heavy atom. The summed E-state index contributed by atoms with van der Waals surface area (Å²) in [6.45, 7) is 8.97. The Morgan fingerprint density at radius 2 is 1.65 bits per heavy atom. The zero-order chi connectivity index (χ0) is 26.5. The third-order valence-electron chi connectivity index (χ3n) is 6.85. The van der Waals surface area contributed by atoms with Crippen LogP contribution in [0.1, 0.15) is 49.1 Å². The van der Waals surface area contributed by atoms with Gasteiger partial charge in [-0.1, -0.05) is 62.7 Å². The van der Waals surface area contributed by atoms with E-state index >= 15 is 0 Å². The number of amides is 1. The van der Waals surface area contributed by atoms with Gasteiger partial charge >= 0.3 is 0 Å². The molecular formula is C30H28ClNO5. The van der Waals surface area contributed by atoms with Gasteiger partial charge in [-0.05, 0) is 59.4 Å². The molecule has 0 aromatic heterocycles. The van der Waals surface area contributed by atoms with Gasteiger partial charge in [-0.2, -0.15) is 0 Å². The number of aliphatic hydroxyl groups excluding tert-OH is 1. The highest BCUT2D eigenvalue weighted by atomic mass is 35.5. The fourth-order valence-corrected chi connectivity index (χ4v) is 4.93. The molecule has 37 heavy (non-hydrogen) atoms. The molecule has 2 aliphatic rings. The number of ether oxygens (including phenoxy) is 2. The smallest absolute Gasteiger partial charge is 0.300 e. The number of carbonyl (C=O) groups excluding carboxylic acids is 2. The van der Waals surface area contributed by atoms with E-state index in [0.717, 1.165) is 5.56 Å². The van der Waals surface area contributed by atoms with Crippen LogP contribution in [-0.2, 0) is 15.0 Å². The second-order valence-corrected chi connectivity index (χ2v) is 10.7. The number of benzene rings is 3. The number of aliphatic hydroxyl groups is 1. The third-order valence-corrected chi connectivity index (χ3v) is 7.26. The average molecular weight is 518 g/mol. The molecule has 0 radical (unpaired) electrons. The van der Waals surface area contributed by atoms with Crippen molar-refractivity contribution in [3.63, 3.8) is 0 Å². The van der Waals surface area contributed by atoms with Crippen LogP contribution in [0.4, 0.5) is 5.69 Å². The Bertz CT molecular complexity index is 1440. The van der Waals surface area contributed by atoms with E-state index in [1.807, 2.05) is 24.3 Å². The molecule has 0 bridgehead atoms. The lowest BCUT2D eigenvalue weighted by molar-refractivity contribution is -0.132. The van der Waals surface area contributed by atoms with Crippen LogP contribution in [0.25, 0.3) is 5.76 Å². The molecule has 1 saturated heterocycles. The molecule has 7 heteroatoms. The zero-order valence-electron chi connectivity index (χ0n) is 21.2. The Kier molecular flexibility index (Phi) is 6.24. The number of halogens is 1. The van der Waals surface area contributed by atoms with Crippen LogP contribution < -0.4 is 14.4 Å². The van der Waals surface area contributed by atoms with E-state index in [-0.39, 0.29) is 16.7 Å². The molecule has 2 aliphatic heterocycles. The monoisotopic (exact) mass is 517 g/mol. The first-order chi connectivity index (χ1) is 17.6. The van der Waals surface area contributed by atoms with Crippen LogP contribution in [0.15, 0.2) is 66.2 Å². The number of hydrogen-bond acceptors (Lipinski definition) is 5. The first-order valence-corrected chi connectivity index (χ1v) is 12.5. The first kappa shape index (κ1) is 24.9. The van der Waals surface area contributed by atoms with E-state index in [0.29, 0.717) is 52.1 Å². The third kappa shape index (κ3) is 4.36. The van der Waals surface area contributed by atoms with Crippen molar-refractivity contribution in [1.82, 2.24) is 0 Å². The molecule has 0 spiro atoms. The molecule has 6 nitrogen and oxygen atoms in total. The second-order valence-electron chi connectivity index (χ2n) is 10.3. The molecule has 3 aromatic carbocycles. The number of rotatable bonds is 3. The van der Waals surface area contributed by atoms with Crippen LogP contribution in [-0.4, -0.2) is 30.0 Å². The number of hydrogen-bond donors (Lipinski definition) is 1. The van der Waals surface area contributed by atoms with Crippen molar-refractivity contribution >= 4 is 34.7 Å². The normalized spacial score (nSPS) is 18.8. The van der Waals surface area contributed by atoms with Gasteiger partial charge in [0.05, 0.1) is 11.6 Å². The Balaban J connectivity index is 1.71. The SMILES string of the molecule is Cc1c(Cl)cccc1N1C(=O)C(=O)/C(=C(\O)c2ccc3c(c2)OCCO3)C1c1ccc(C(C)(C)C)cc1. The molecule has 1 amide bonds. The van der Waals surface area contributed by atoms with Gasteiger partial charge < -0.3 is 14.6 Å². The maximum atomic E-state index is 13.5. The van der Waals surface area contributed by atoms with E-state index < -0.39 is 17.7 Å². The minimum Gasteiger partial charge on any atom is -0.507 e. The van der Waals surface area contributed by atoms with E-state index in [1.54, 1.807) is 43.3 Å². The lowest BCUT2D eigenvalue weighted by Crippen LogP contribution is -2.30. The van der Waals surface area contributed by atoms with Crippen molar-refractivity contribution in [3.8, 4) is 11.5 Å². The minimum atomic E-state index is -0.848. The molecule has 0 aliphatic carbocycles. The summed E-state index contributed by atoms with van der Waals surface area (Å²) in [7, 11) is 0. The number of carbonyl (C=O) groups is 2. The van der Waals surface area contributed by atoms with E-state index in [9.17, 15) is 14.7 Å². The van der Waals surface area contributed by atoms with Gasteiger partial charge in [-0.15, -0.1) is 0 Å². The summed E-state index contributed by atoms with van der Waals surface area (Å²) in [6, 6.07) is 17.1. The molecular weight excluding hydrogens is 490 g/mol. The van der Waals surface area contributed by atoms with Crippen molar-refractivity contribution in [2.75, 3.05) is 18.1 Å². The lowest BCUT2D eigenvalue weighted by atomic mass is 9.85. The zero-order valence-corrected chi connectivity index (χ0v) is 21.9. The molecule has 0 saturated carbocycles. The van der Waals surface area contributed by atoms with Gasteiger partial charge in [0.2, 0.25) is 0 Å². The summed E-state index contributed by atoms with van der Waals surface area (Å²) < 4.78 is 11.3. The summed E-state index contributed by atoms with van der Waals surface area (Å²) in [5.74, 6) is -0.734. The van der Waals surface area contributed by atoms with E-state index in [4.69, 9.17) is 21.1 Å². The highest BCUT2D eigenvalue weighted by molar-refractivity contribution is 6.52. The number of Topliss-reactive ketones (excluding diaryl/α,β-unsaturated/α-hetero) is 1. The van der Waals surface area contributed by atoms with Gasteiger partial charge in [0.25, 0.3) is 11.7 Å². The number of nitrogens with zero attached hydrogens (tertiary/aromatic N) is 1. The van der Waals surface area contributed by atoms with Crippen molar-refractivity contribution in [2.24, 2.45) is 0 Å². The number of ketones is 1. The summed E-state index contributed by atoms with van der Waals surface area (Å²) in [4.78, 5) is 28.4. The van der Waals surface area contributed by atoms with Crippen molar-refractivity contribution in [1.29, 1.82) is 0 Å². The van der Waals surface area contributed by atoms with Gasteiger partial charge in [-0.25, -0.2) is 0 Å². The van der Waals surface area contributed by atoms with Gasteiger partial charge in [0.15, 0.2) is 11.5 Å². The second kappa shape index (κ2) is 9.27. The maximum absolute atomic E-state index is 13.5. The Morgan fingerprint density at radius 1 is 0.973 bits per heavy atom. The summed E-state index contributed by atoms with van der Waals surface area (Å²) in [5.41, 5.74) is 3.28. The van der Waals surface area contributed by atoms with Crippen LogP contribution in [0.5, 0.6) is 11.5 Å². The fraction of sp³-hybridized carbons (Fsp3) is 0.267. The average Bonchev–Trinajstić information content (AvgIpc) is 3.14. The predicted molar refractivity (Wildman–Crippen MR) is 144 cm³/mol. The standard InChI is InChI=1S/C30H28ClNO5/c1-17-21(31)6-5-7-22(17)32-26(18-8-11-20(12-9-18)30(2,3)4)25(28(34)29(32)35)27(33)19-10-13-23-24(16-19)37-15-14-36-23/h5-13,16,26,33H,14-15H2,1-4H3/b27-25-. The highest BCUT2D eigenvalue weighted by Gasteiger charge is 2.47. The largest absolute Gasteiger partial charge is 0.507 e. The van der Waals surface area contributed by atoms with Crippen LogP contribution in [0.2, 0.25) is 5.02 Å². The van der Waals surface area contributed by atoms with Crippen LogP contribution in [0.3, 0.4) is 0 Å². The van der Waals surface area contributed by atoms with E-state index in [2.05, 4.69) is 20.8 Å². The summed E-state index contributed by atoms with van der Waals surface area (Å²) in [5, 5.41) is 12.0. The number of fused-ring (bicyclic) bond motifs is 1. The number of anilines is 1. The van der Waals surface area contributed by atoms with Crippen LogP contribution >= 0.6 is 11.6 Å². The minimum absolute atomic E-state index is 0.00422. The highest BCUT2D eigenvalue weighted by Crippen LogP contribution is 2.45. The molecule has 3 aromatic rings. The molecule has 2 heterocycles. The molecule has 1 N–H and O–H groups in total. The lowest BCUT2D eigenvalue weighted by Gasteiger charge is -2.28. The topological polar surface area (TPSA) is 76.1 Å². The summed E-state index contributed by atoms with van der Waals surface area (Å²) in [6.07, 6.45) is 0. The molecule has 1 atom stereocenters. The quantitative estimate of drug-likeness (QED) is 0.249. The molecule has 5 rings (SSSR count). The van der Waals surface area contributed by atoms with Crippen molar-refractivity contribution in [2.45, 2.75) is 39.2 Å². The maximum Gasteiger partial charge on any atom is 0.300 e. The molecule has 1 unspecified atom stereocenters. The van der Waals surface area contributed by atoms with Gasteiger partial charge in [0, 0.05) is 16.3 Å². The van der Waals surface area contributed by atoms with Crippen molar-refractivity contribution in [3.05, 3.63) is 93.5 Å². The van der Waals surface area contributed by atoms with Gasteiger partial charge in [-0.3, -0.25) is 14.5 Å². The molecule has 190 valence electrons. The fourth-order valence-electron chi connectivity index (χ4n) is 4.77.